The summed E-state index contributed by atoms with van der Waals surface area (Å²) in [6, 6.07) is 22.7. The Labute approximate surface area is 133 Å². The summed E-state index contributed by atoms with van der Waals surface area (Å²) < 4.78 is 0. The quantitative estimate of drug-likeness (QED) is 0.405. The molecule has 0 bridgehead atoms. The van der Waals surface area contributed by atoms with Crippen molar-refractivity contribution in [3.05, 3.63) is 100 Å². The molecule has 0 saturated carbocycles. The highest BCUT2D eigenvalue weighted by molar-refractivity contribution is 6.14. The predicted molar refractivity (Wildman–Crippen MR) is 88.4 cm³/mol. The molecule has 0 spiro atoms. The fourth-order valence-electron chi connectivity index (χ4n) is 2.52. The molecule has 0 saturated heterocycles. The minimum Gasteiger partial charge on any atom is -0.288 e. The van der Waals surface area contributed by atoms with Gasteiger partial charge in [0.1, 0.15) is 5.56 Å². The van der Waals surface area contributed by atoms with Crippen LogP contribution >= 0.6 is 0 Å². The lowest BCUT2D eigenvalue weighted by Gasteiger charge is -2.09. The van der Waals surface area contributed by atoms with Crippen LogP contribution in [0.3, 0.4) is 0 Å². The Bertz CT molecular complexity index is 873. The second-order valence-corrected chi connectivity index (χ2v) is 5.01. The summed E-state index contributed by atoms with van der Waals surface area (Å²) in [5.74, 6) is -0.350. The van der Waals surface area contributed by atoms with Gasteiger partial charge in [0, 0.05) is 11.6 Å². The average molecular weight is 303 g/mol. The SMILES string of the molecule is O=C(c1ccccc1-c1ccccc1)c1ccccc1[N+](=O)[O-]. The van der Waals surface area contributed by atoms with E-state index in [2.05, 4.69) is 0 Å². The maximum absolute atomic E-state index is 12.9. The molecule has 0 heterocycles. The van der Waals surface area contributed by atoms with Crippen LogP contribution in [0.1, 0.15) is 15.9 Å². The van der Waals surface area contributed by atoms with Crippen LogP contribution in [0.25, 0.3) is 11.1 Å². The van der Waals surface area contributed by atoms with Crippen molar-refractivity contribution in [2.24, 2.45) is 0 Å². The number of benzene rings is 3. The Morgan fingerprint density at radius 1 is 0.739 bits per heavy atom. The van der Waals surface area contributed by atoms with Gasteiger partial charge in [-0.2, -0.15) is 0 Å². The summed E-state index contributed by atoms with van der Waals surface area (Å²) in [6.07, 6.45) is 0. The normalized spacial score (nSPS) is 10.3. The molecular formula is C19H13NO3. The summed E-state index contributed by atoms with van der Waals surface area (Å²) in [6.45, 7) is 0. The average Bonchev–Trinajstić information content (AvgIpc) is 2.62. The first kappa shape index (κ1) is 14.7. The number of hydrogen-bond donors (Lipinski definition) is 0. The molecule has 0 N–H and O–H groups in total. The second kappa shape index (κ2) is 6.23. The van der Waals surface area contributed by atoms with Crippen LogP contribution in [0.4, 0.5) is 5.69 Å². The number of rotatable bonds is 4. The van der Waals surface area contributed by atoms with Crippen molar-refractivity contribution in [1.29, 1.82) is 0 Å². The first-order valence-corrected chi connectivity index (χ1v) is 7.11. The molecule has 0 aliphatic carbocycles. The maximum Gasteiger partial charge on any atom is 0.280 e. The summed E-state index contributed by atoms with van der Waals surface area (Å²) in [5.41, 5.74) is 2.03. The van der Waals surface area contributed by atoms with Crippen LogP contribution in [-0.4, -0.2) is 10.7 Å². The van der Waals surface area contributed by atoms with E-state index in [1.165, 1.54) is 12.1 Å². The molecule has 0 aliphatic heterocycles. The van der Waals surface area contributed by atoms with Gasteiger partial charge in [-0.05, 0) is 17.2 Å². The molecule has 0 fully saturated rings. The molecule has 0 amide bonds. The number of nitrogens with zero attached hydrogens (tertiary/aromatic N) is 1. The number of hydrogen-bond acceptors (Lipinski definition) is 3. The van der Waals surface area contributed by atoms with E-state index in [1.54, 1.807) is 24.3 Å². The minimum absolute atomic E-state index is 0.0980. The fourth-order valence-corrected chi connectivity index (χ4v) is 2.52. The highest BCUT2D eigenvalue weighted by Crippen LogP contribution is 2.28. The van der Waals surface area contributed by atoms with Crippen molar-refractivity contribution < 1.29 is 9.72 Å². The van der Waals surface area contributed by atoms with Crippen molar-refractivity contribution in [3.8, 4) is 11.1 Å². The van der Waals surface area contributed by atoms with Gasteiger partial charge in [0.25, 0.3) is 5.69 Å². The molecule has 0 aromatic heterocycles. The third-order valence-corrected chi connectivity index (χ3v) is 3.60. The van der Waals surface area contributed by atoms with Gasteiger partial charge in [-0.25, -0.2) is 0 Å². The van der Waals surface area contributed by atoms with Gasteiger partial charge in [0.15, 0.2) is 0 Å². The number of nitro benzene ring substituents is 1. The van der Waals surface area contributed by atoms with Crippen molar-refractivity contribution in [1.82, 2.24) is 0 Å². The molecule has 0 atom stereocenters. The molecule has 112 valence electrons. The first-order chi connectivity index (χ1) is 11.2. The highest BCUT2D eigenvalue weighted by Gasteiger charge is 2.22. The van der Waals surface area contributed by atoms with Crippen LogP contribution < -0.4 is 0 Å². The lowest BCUT2D eigenvalue weighted by atomic mass is 9.93. The molecular weight excluding hydrogens is 290 g/mol. The Morgan fingerprint density at radius 3 is 2.00 bits per heavy atom. The Hall–Kier alpha value is -3.27. The van der Waals surface area contributed by atoms with E-state index in [0.717, 1.165) is 11.1 Å². The largest absolute Gasteiger partial charge is 0.288 e. The van der Waals surface area contributed by atoms with Gasteiger partial charge in [0.05, 0.1) is 4.92 Å². The minimum atomic E-state index is -0.529. The van der Waals surface area contributed by atoms with E-state index in [9.17, 15) is 14.9 Å². The van der Waals surface area contributed by atoms with Crippen LogP contribution in [0.2, 0.25) is 0 Å². The molecule has 3 aromatic rings. The van der Waals surface area contributed by atoms with Crippen molar-refractivity contribution in [2.45, 2.75) is 0 Å². The monoisotopic (exact) mass is 303 g/mol. The number of carbonyl (C=O) groups is 1. The van der Waals surface area contributed by atoms with Gasteiger partial charge in [0.2, 0.25) is 5.78 Å². The molecule has 4 nitrogen and oxygen atoms in total. The zero-order valence-corrected chi connectivity index (χ0v) is 12.2. The van der Waals surface area contributed by atoms with E-state index in [-0.39, 0.29) is 17.0 Å². The van der Waals surface area contributed by atoms with Gasteiger partial charge < -0.3 is 0 Å². The van der Waals surface area contributed by atoms with E-state index in [0.29, 0.717) is 5.56 Å². The van der Waals surface area contributed by atoms with Crippen LogP contribution in [0.15, 0.2) is 78.9 Å². The number of ketones is 1. The lowest BCUT2D eigenvalue weighted by molar-refractivity contribution is -0.385. The van der Waals surface area contributed by atoms with Gasteiger partial charge in [-0.15, -0.1) is 0 Å². The van der Waals surface area contributed by atoms with E-state index < -0.39 is 4.92 Å². The molecule has 3 rings (SSSR count). The lowest BCUT2D eigenvalue weighted by Crippen LogP contribution is -2.06. The van der Waals surface area contributed by atoms with Gasteiger partial charge >= 0.3 is 0 Å². The molecule has 4 heteroatoms. The van der Waals surface area contributed by atoms with Crippen molar-refractivity contribution >= 4 is 11.5 Å². The topological polar surface area (TPSA) is 60.2 Å². The second-order valence-electron chi connectivity index (χ2n) is 5.01. The van der Waals surface area contributed by atoms with E-state index in [4.69, 9.17) is 0 Å². The Balaban J connectivity index is 2.14. The van der Waals surface area contributed by atoms with Crippen LogP contribution in [0.5, 0.6) is 0 Å². The maximum atomic E-state index is 12.9. The third-order valence-electron chi connectivity index (χ3n) is 3.60. The molecule has 0 radical (unpaired) electrons. The standard InChI is InChI=1S/C19H13NO3/c21-19(17-12-6-7-13-18(17)20(22)23)16-11-5-4-10-15(16)14-8-2-1-3-9-14/h1-13H. The van der Waals surface area contributed by atoms with Gasteiger partial charge in [-0.3, -0.25) is 14.9 Å². The summed E-state index contributed by atoms with van der Waals surface area (Å²) >= 11 is 0. The highest BCUT2D eigenvalue weighted by atomic mass is 16.6. The number of para-hydroxylation sites is 1. The summed E-state index contributed by atoms with van der Waals surface area (Å²) in [7, 11) is 0. The Morgan fingerprint density at radius 2 is 1.30 bits per heavy atom. The van der Waals surface area contributed by atoms with Crippen LogP contribution in [-0.2, 0) is 0 Å². The predicted octanol–water partition coefficient (Wildman–Crippen LogP) is 4.49. The number of carbonyl (C=O) groups excluding carboxylic acids is 1. The van der Waals surface area contributed by atoms with Crippen molar-refractivity contribution in [2.75, 3.05) is 0 Å². The summed E-state index contributed by atoms with van der Waals surface area (Å²) in [4.78, 5) is 23.5. The van der Waals surface area contributed by atoms with Crippen LogP contribution in [0, 0.1) is 10.1 Å². The summed E-state index contributed by atoms with van der Waals surface area (Å²) in [5, 5.41) is 11.2. The molecule has 3 aromatic carbocycles. The third kappa shape index (κ3) is 2.87. The van der Waals surface area contributed by atoms with Crippen molar-refractivity contribution in [3.63, 3.8) is 0 Å². The smallest absolute Gasteiger partial charge is 0.280 e. The fraction of sp³-hybridized carbons (Fsp3) is 0. The zero-order chi connectivity index (χ0) is 16.2. The first-order valence-electron chi connectivity index (χ1n) is 7.11. The zero-order valence-electron chi connectivity index (χ0n) is 12.2. The molecule has 0 unspecified atom stereocenters. The van der Waals surface area contributed by atoms with E-state index in [1.807, 2.05) is 42.5 Å². The Kier molecular flexibility index (Phi) is 3.97. The number of nitro groups is 1. The van der Waals surface area contributed by atoms with Gasteiger partial charge in [-0.1, -0.05) is 66.7 Å². The molecule has 23 heavy (non-hydrogen) atoms. The van der Waals surface area contributed by atoms with E-state index >= 15 is 0 Å². The molecule has 0 aliphatic rings.